The van der Waals surface area contributed by atoms with Gasteiger partial charge in [-0.3, -0.25) is 0 Å². The summed E-state index contributed by atoms with van der Waals surface area (Å²) < 4.78 is 0.526. The lowest BCUT2D eigenvalue weighted by Gasteiger charge is -2.41. The Hall–Kier alpha value is -0.470. The van der Waals surface area contributed by atoms with Crippen molar-refractivity contribution in [1.29, 1.82) is 0 Å². The molecule has 2 heteroatoms. The number of thioether (sulfide) groups is 1. The molecular formula is C18H29NS. The van der Waals surface area contributed by atoms with Gasteiger partial charge in [-0.15, -0.1) is 0 Å². The van der Waals surface area contributed by atoms with Gasteiger partial charge in [0.2, 0.25) is 0 Å². The monoisotopic (exact) mass is 291 g/mol. The maximum absolute atomic E-state index is 3.87. The number of benzene rings is 1. The van der Waals surface area contributed by atoms with Crippen molar-refractivity contribution in [3.63, 3.8) is 0 Å². The van der Waals surface area contributed by atoms with Gasteiger partial charge in [0.05, 0.1) is 0 Å². The summed E-state index contributed by atoms with van der Waals surface area (Å²) in [7, 11) is 0. The van der Waals surface area contributed by atoms with Crippen LogP contribution in [-0.2, 0) is 0 Å². The number of hydrogen-bond acceptors (Lipinski definition) is 2. The zero-order chi connectivity index (χ0) is 14.3. The lowest BCUT2D eigenvalue weighted by molar-refractivity contribution is 0.324. The molecule has 1 aromatic rings. The van der Waals surface area contributed by atoms with Crippen molar-refractivity contribution in [3.05, 3.63) is 35.9 Å². The maximum atomic E-state index is 3.87. The Morgan fingerprint density at radius 2 is 1.95 bits per heavy atom. The fourth-order valence-corrected chi connectivity index (χ4v) is 3.93. The van der Waals surface area contributed by atoms with E-state index in [4.69, 9.17) is 0 Å². The third kappa shape index (κ3) is 4.26. The van der Waals surface area contributed by atoms with E-state index < -0.39 is 0 Å². The molecule has 112 valence electrons. The Kier molecular flexibility index (Phi) is 6.44. The van der Waals surface area contributed by atoms with Gasteiger partial charge in [-0.2, -0.15) is 11.8 Å². The molecule has 0 aromatic heterocycles. The fourth-order valence-electron chi connectivity index (χ4n) is 3.00. The van der Waals surface area contributed by atoms with Crippen molar-refractivity contribution in [1.82, 2.24) is 5.32 Å². The van der Waals surface area contributed by atoms with E-state index in [2.05, 4.69) is 60.6 Å². The molecule has 1 fully saturated rings. The minimum atomic E-state index is 0.526. The Morgan fingerprint density at radius 1 is 1.20 bits per heavy atom. The highest BCUT2D eigenvalue weighted by Gasteiger charge is 2.36. The highest BCUT2D eigenvalue weighted by Crippen LogP contribution is 2.42. The molecule has 1 nitrogen and oxygen atoms in total. The number of unbranched alkanes of at least 4 members (excludes halogenated alkanes) is 2. The maximum Gasteiger partial charge on any atom is 0.0320 e. The van der Waals surface area contributed by atoms with Crippen LogP contribution in [0.15, 0.2) is 30.3 Å². The molecule has 1 N–H and O–H groups in total. The predicted molar refractivity (Wildman–Crippen MR) is 91.4 cm³/mol. The molecule has 1 saturated carbocycles. The first-order valence-corrected chi connectivity index (χ1v) is 9.35. The predicted octanol–water partition coefficient (Wildman–Crippen LogP) is 5.18. The highest BCUT2D eigenvalue weighted by molar-refractivity contribution is 8.00. The third-order valence-electron chi connectivity index (χ3n) is 4.67. The SMILES string of the molecule is CCCCCC(NCC1(SC)CCC1)c1ccccc1. The van der Waals surface area contributed by atoms with Crippen molar-refractivity contribution >= 4 is 11.8 Å². The average Bonchev–Trinajstić information content (AvgIpc) is 2.45. The van der Waals surface area contributed by atoms with E-state index in [0.29, 0.717) is 10.8 Å². The van der Waals surface area contributed by atoms with E-state index in [1.54, 1.807) is 0 Å². The summed E-state index contributed by atoms with van der Waals surface area (Å²) in [5.74, 6) is 0. The Balaban J connectivity index is 1.92. The second-order valence-electron chi connectivity index (χ2n) is 6.08. The van der Waals surface area contributed by atoms with E-state index in [1.165, 1.54) is 57.1 Å². The van der Waals surface area contributed by atoms with Crippen LogP contribution >= 0.6 is 11.8 Å². The van der Waals surface area contributed by atoms with E-state index in [-0.39, 0.29) is 0 Å². The molecule has 0 aliphatic heterocycles. The summed E-state index contributed by atoms with van der Waals surface area (Å²) in [5, 5.41) is 3.87. The zero-order valence-corrected chi connectivity index (χ0v) is 13.8. The van der Waals surface area contributed by atoms with Gasteiger partial charge in [-0.05, 0) is 31.1 Å². The van der Waals surface area contributed by atoms with E-state index in [0.717, 1.165) is 0 Å². The molecule has 1 aliphatic rings. The van der Waals surface area contributed by atoms with Gasteiger partial charge < -0.3 is 5.32 Å². The van der Waals surface area contributed by atoms with Crippen molar-refractivity contribution in [2.45, 2.75) is 62.7 Å². The Morgan fingerprint density at radius 3 is 2.50 bits per heavy atom. The van der Waals surface area contributed by atoms with Gasteiger partial charge in [-0.1, -0.05) is 62.9 Å². The summed E-state index contributed by atoms with van der Waals surface area (Å²) in [6.45, 7) is 3.45. The van der Waals surface area contributed by atoms with Gasteiger partial charge in [0.15, 0.2) is 0 Å². The summed E-state index contributed by atoms with van der Waals surface area (Å²) in [6.07, 6.45) is 11.7. The summed E-state index contributed by atoms with van der Waals surface area (Å²) in [6, 6.07) is 11.5. The number of hydrogen-bond donors (Lipinski definition) is 1. The van der Waals surface area contributed by atoms with Crippen LogP contribution in [0, 0.1) is 0 Å². The molecule has 0 heterocycles. The van der Waals surface area contributed by atoms with Crippen LogP contribution in [0.5, 0.6) is 0 Å². The molecule has 2 rings (SSSR count). The average molecular weight is 292 g/mol. The number of nitrogens with one attached hydrogen (secondary N) is 1. The van der Waals surface area contributed by atoms with Crippen LogP contribution < -0.4 is 5.32 Å². The van der Waals surface area contributed by atoms with Crippen LogP contribution in [0.3, 0.4) is 0 Å². The molecule has 1 aliphatic carbocycles. The second kappa shape index (κ2) is 8.09. The minimum Gasteiger partial charge on any atom is -0.309 e. The van der Waals surface area contributed by atoms with Crippen LogP contribution in [0.25, 0.3) is 0 Å². The Bertz CT molecular complexity index is 367. The van der Waals surface area contributed by atoms with Gasteiger partial charge in [0, 0.05) is 17.3 Å². The summed E-state index contributed by atoms with van der Waals surface area (Å²) in [5.41, 5.74) is 1.46. The standard InChI is InChI=1S/C18H29NS/c1-3-4-6-12-17(16-10-7-5-8-11-16)19-15-18(20-2)13-9-14-18/h5,7-8,10-11,17,19H,3-4,6,9,12-15H2,1-2H3. The lowest BCUT2D eigenvalue weighted by atomic mass is 9.83. The molecule has 1 unspecified atom stereocenters. The molecule has 0 radical (unpaired) electrons. The van der Waals surface area contributed by atoms with Crippen molar-refractivity contribution < 1.29 is 0 Å². The summed E-state index contributed by atoms with van der Waals surface area (Å²) >= 11 is 2.06. The zero-order valence-electron chi connectivity index (χ0n) is 13.0. The molecule has 0 spiro atoms. The quantitative estimate of drug-likeness (QED) is 0.629. The van der Waals surface area contributed by atoms with E-state index in [1.807, 2.05) is 0 Å². The number of rotatable bonds is 9. The van der Waals surface area contributed by atoms with Gasteiger partial charge >= 0.3 is 0 Å². The first kappa shape index (κ1) is 15.9. The van der Waals surface area contributed by atoms with Crippen LogP contribution in [0.2, 0.25) is 0 Å². The molecule has 1 aromatic carbocycles. The van der Waals surface area contributed by atoms with Crippen molar-refractivity contribution in [2.75, 3.05) is 12.8 Å². The third-order valence-corrected chi connectivity index (χ3v) is 6.09. The van der Waals surface area contributed by atoms with Crippen molar-refractivity contribution in [2.24, 2.45) is 0 Å². The van der Waals surface area contributed by atoms with E-state index in [9.17, 15) is 0 Å². The Labute approximate surface area is 128 Å². The van der Waals surface area contributed by atoms with Gasteiger partial charge in [-0.25, -0.2) is 0 Å². The molecule has 0 saturated heterocycles. The van der Waals surface area contributed by atoms with E-state index >= 15 is 0 Å². The van der Waals surface area contributed by atoms with Gasteiger partial charge in [0.25, 0.3) is 0 Å². The highest BCUT2D eigenvalue weighted by atomic mass is 32.2. The first-order chi connectivity index (χ1) is 9.79. The molecule has 20 heavy (non-hydrogen) atoms. The molecule has 1 atom stereocenters. The minimum absolute atomic E-state index is 0.526. The fraction of sp³-hybridized carbons (Fsp3) is 0.667. The topological polar surface area (TPSA) is 12.0 Å². The van der Waals surface area contributed by atoms with Gasteiger partial charge in [0.1, 0.15) is 0 Å². The molecule has 0 bridgehead atoms. The van der Waals surface area contributed by atoms with Crippen LogP contribution in [-0.4, -0.2) is 17.5 Å². The van der Waals surface area contributed by atoms with Crippen LogP contribution in [0.1, 0.15) is 63.5 Å². The van der Waals surface area contributed by atoms with Crippen molar-refractivity contribution in [3.8, 4) is 0 Å². The smallest absolute Gasteiger partial charge is 0.0320 e. The molecule has 0 amide bonds. The normalized spacial score (nSPS) is 18.5. The lowest BCUT2D eigenvalue weighted by Crippen LogP contribution is -2.44. The largest absolute Gasteiger partial charge is 0.309 e. The van der Waals surface area contributed by atoms with Crippen LogP contribution in [0.4, 0.5) is 0 Å². The molecular weight excluding hydrogens is 262 g/mol. The summed E-state index contributed by atoms with van der Waals surface area (Å²) in [4.78, 5) is 0. The first-order valence-electron chi connectivity index (χ1n) is 8.13. The second-order valence-corrected chi connectivity index (χ2v) is 7.35.